The van der Waals surface area contributed by atoms with E-state index in [4.69, 9.17) is 4.74 Å². The molecule has 0 atom stereocenters. The van der Waals surface area contributed by atoms with E-state index in [1.165, 1.54) is 0 Å². The van der Waals surface area contributed by atoms with E-state index in [2.05, 4.69) is 15.3 Å². The lowest BCUT2D eigenvalue weighted by Crippen LogP contribution is -2.18. The molecule has 0 bridgehead atoms. The number of nitrogens with one attached hydrogen (secondary N) is 1. The Morgan fingerprint density at radius 1 is 1.32 bits per heavy atom. The Kier molecular flexibility index (Phi) is 5.55. The van der Waals surface area contributed by atoms with Crippen LogP contribution in [-0.2, 0) is 6.54 Å². The number of hydrogen-bond donors (Lipinski definition) is 1. The second kappa shape index (κ2) is 7.61. The van der Waals surface area contributed by atoms with E-state index in [1.54, 1.807) is 30.5 Å². The van der Waals surface area contributed by atoms with Gasteiger partial charge in [-0.05, 0) is 45.3 Å². The summed E-state index contributed by atoms with van der Waals surface area (Å²) in [7, 11) is 4.02. The molecule has 0 saturated heterocycles. The Labute approximate surface area is 130 Å². The van der Waals surface area contributed by atoms with Crippen LogP contribution in [0.4, 0.5) is 5.69 Å². The number of aromatic nitrogens is 2. The molecule has 1 N–H and O–H groups in total. The average molecular weight is 302 g/mol. The number of hydrogen-bond acceptors (Lipinski definition) is 4. The van der Waals surface area contributed by atoms with Crippen molar-refractivity contribution in [2.45, 2.75) is 13.5 Å². The molecule has 118 valence electrons. The fourth-order valence-electron chi connectivity index (χ4n) is 1.93. The summed E-state index contributed by atoms with van der Waals surface area (Å²) < 4.78 is 7.17. The standard InChI is InChI=1S/C16H22N4O2/c1-4-22-15-7-5-13(6-8-15)16(21)18-14-11-17-20(12-14)10-9-19(2)3/h5-8,11-12H,4,9-10H2,1-3H3,(H,18,21). The van der Waals surface area contributed by atoms with Crippen molar-refractivity contribution >= 4 is 11.6 Å². The summed E-state index contributed by atoms with van der Waals surface area (Å²) in [5.74, 6) is 0.603. The van der Waals surface area contributed by atoms with Crippen LogP contribution < -0.4 is 10.1 Å². The van der Waals surface area contributed by atoms with Crippen molar-refractivity contribution in [3.8, 4) is 5.75 Å². The number of carbonyl (C=O) groups is 1. The van der Waals surface area contributed by atoms with Crippen LogP contribution in [-0.4, -0.2) is 47.8 Å². The minimum Gasteiger partial charge on any atom is -0.494 e. The maximum Gasteiger partial charge on any atom is 0.255 e. The maximum absolute atomic E-state index is 12.2. The van der Waals surface area contributed by atoms with Crippen molar-refractivity contribution in [2.24, 2.45) is 0 Å². The van der Waals surface area contributed by atoms with Gasteiger partial charge in [-0.25, -0.2) is 0 Å². The van der Waals surface area contributed by atoms with Gasteiger partial charge in [-0.15, -0.1) is 0 Å². The first-order valence-corrected chi connectivity index (χ1v) is 7.30. The predicted molar refractivity (Wildman–Crippen MR) is 86.3 cm³/mol. The van der Waals surface area contributed by atoms with Gasteiger partial charge in [-0.3, -0.25) is 9.48 Å². The van der Waals surface area contributed by atoms with Gasteiger partial charge in [-0.2, -0.15) is 5.10 Å². The van der Waals surface area contributed by atoms with E-state index in [0.29, 0.717) is 17.9 Å². The molecule has 0 unspecified atom stereocenters. The maximum atomic E-state index is 12.2. The Hall–Kier alpha value is -2.34. The van der Waals surface area contributed by atoms with Crippen molar-refractivity contribution < 1.29 is 9.53 Å². The third kappa shape index (κ3) is 4.60. The third-order valence-corrected chi connectivity index (χ3v) is 3.09. The molecule has 0 fully saturated rings. The van der Waals surface area contributed by atoms with Gasteiger partial charge in [0.2, 0.25) is 0 Å². The van der Waals surface area contributed by atoms with E-state index < -0.39 is 0 Å². The Bertz CT molecular complexity index is 605. The summed E-state index contributed by atoms with van der Waals surface area (Å²) in [5.41, 5.74) is 1.28. The zero-order chi connectivity index (χ0) is 15.9. The molecule has 1 aromatic carbocycles. The summed E-state index contributed by atoms with van der Waals surface area (Å²) in [4.78, 5) is 14.2. The normalized spacial score (nSPS) is 10.7. The molecule has 1 aromatic heterocycles. The van der Waals surface area contributed by atoms with Gasteiger partial charge >= 0.3 is 0 Å². The monoisotopic (exact) mass is 302 g/mol. The highest BCUT2D eigenvalue weighted by Crippen LogP contribution is 2.14. The van der Waals surface area contributed by atoms with Crippen LogP contribution in [0.1, 0.15) is 17.3 Å². The quantitative estimate of drug-likeness (QED) is 0.851. The molecule has 6 nitrogen and oxygen atoms in total. The Morgan fingerprint density at radius 3 is 2.68 bits per heavy atom. The van der Waals surface area contributed by atoms with Crippen molar-refractivity contribution in [1.29, 1.82) is 0 Å². The molecule has 6 heteroatoms. The fraction of sp³-hybridized carbons (Fsp3) is 0.375. The average Bonchev–Trinajstić information content (AvgIpc) is 2.94. The van der Waals surface area contributed by atoms with E-state index in [1.807, 2.05) is 31.9 Å². The van der Waals surface area contributed by atoms with Gasteiger partial charge in [0.25, 0.3) is 5.91 Å². The Balaban J connectivity index is 1.93. The second-order valence-corrected chi connectivity index (χ2v) is 5.21. The lowest BCUT2D eigenvalue weighted by Gasteiger charge is -2.08. The van der Waals surface area contributed by atoms with Gasteiger partial charge in [0, 0.05) is 18.3 Å². The molecular formula is C16H22N4O2. The predicted octanol–water partition coefficient (Wildman–Crippen LogP) is 2.10. The van der Waals surface area contributed by atoms with Gasteiger partial charge in [0.15, 0.2) is 0 Å². The summed E-state index contributed by atoms with van der Waals surface area (Å²) in [6, 6.07) is 7.07. The first-order valence-electron chi connectivity index (χ1n) is 7.30. The lowest BCUT2D eigenvalue weighted by molar-refractivity contribution is 0.102. The molecule has 0 saturated carbocycles. The molecule has 2 rings (SSSR count). The summed E-state index contributed by atoms with van der Waals surface area (Å²) in [6.07, 6.45) is 3.48. The number of likely N-dealkylation sites (N-methyl/N-ethyl adjacent to an activating group) is 1. The number of benzene rings is 1. The van der Waals surface area contributed by atoms with E-state index in [-0.39, 0.29) is 5.91 Å². The van der Waals surface area contributed by atoms with Crippen LogP contribution in [0, 0.1) is 0 Å². The second-order valence-electron chi connectivity index (χ2n) is 5.21. The number of anilines is 1. The third-order valence-electron chi connectivity index (χ3n) is 3.09. The number of carbonyl (C=O) groups excluding carboxylic acids is 1. The molecule has 0 aliphatic heterocycles. The van der Waals surface area contributed by atoms with E-state index in [9.17, 15) is 4.79 Å². The Morgan fingerprint density at radius 2 is 2.05 bits per heavy atom. The lowest BCUT2D eigenvalue weighted by atomic mass is 10.2. The van der Waals surface area contributed by atoms with Crippen molar-refractivity contribution in [3.05, 3.63) is 42.2 Å². The highest BCUT2D eigenvalue weighted by atomic mass is 16.5. The van der Waals surface area contributed by atoms with E-state index in [0.717, 1.165) is 18.8 Å². The molecule has 1 amide bonds. The van der Waals surface area contributed by atoms with Crippen LogP contribution in [0.15, 0.2) is 36.7 Å². The topological polar surface area (TPSA) is 59.4 Å². The van der Waals surface area contributed by atoms with Gasteiger partial charge < -0.3 is 15.0 Å². The largest absolute Gasteiger partial charge is 0.494 e. The smallest absolute Gasteiger partial charge is 0.255 e. The highest BCUT2D eigenvalue weighted by Gasteiger charge is 2.08. The fourth-order valence-corrected chi connectivity index (χ4v) is 1.93. The highest BCUT2D eigenvalue weighted by molar-refractivity contribution is 6.04. The number of nitrogens with zero attached hydrogens (tertiary/aromatic N) is 3. The molecule has 22 heavy (non-hydrogen) atoms. The number of rotatable bonds is 7. The van der Waals surface area contributed by atoms with Gasteiger partial charge in [0.05, 0.1) is 25.0 Å². The van der Waals surface area contributed by atoms with Crippen LogP contribution in [0.5, 0.6) is 5.75 Å². The number of amides is 1. The minimum absolute atomic E-state index is 0.157. The van der Waals surface area contributed by atoms with Gasteiger partial charge in [-0.1, -0.05) is 0 Å². The van der Waals surface area contributed by atoms with Crippen molar-refractivity contribution in [3.63, 3.8) is 0 Å². The van der Waals surface area contributed by atoms with Crippen molar-refractivity contribution in [1.82, 2.24) is 14.7 Å². The first-order chi connectivity index (χ1) is 10.6. The van der Waals surface area contributed by atoms with Crippen LogP contribution in [0.2, 0.25) is 0 Å². The summed E-state index contributed by atoms with van der Waals surface area (Å²) >= 11 is 0. The minimum atomic E-state index is -0.157. The molecule has 0 aliphatic carbocycles. The summed E-state index contributed by atoms with van der Waals surface area (Å²) in [5, 5.41) is 7.07. The SMILES string of the molecule is CCOc1ccc(C(=O)Nc2cnn(CCN(C)C)c2)cc1. The summed E-state index contributed by atoms with van der Waals surface area (Å²) in [6.45, 7) is 4.21. The molecule has 0 aliphatic rings. The molecule has 0 spiro atoms. The zero-order valence-corrected chi connectivity index (χ0v) is 13.2. The molecular weight excluding hydrogens is 280 g/mol. The molecule has 1 heterocycles. The number of ether oxygens (including phenoxy) is 1. The van der Waals surface area contributed by atoms with Crippen LogP contribution in [0.25, 0.3) is 0 Å². The molecule has 0 radical (unpaired) electrons. The first kappa shape index (κ1) is 16.0. The molecule has 2 aromatic rings. The van der Waals surface area contributed by atoms with E-state index >= 15 is 0 Å². The van der Waals surface area contributed by atoms with Gasteiger partial charge in [0.1, 0.15) is 5.75 Å². The van der Waals surface area contributed by atoms with Crippen LogP contribution >= 0.6 is 0 Å². The zero-order valence-electron chi connectivity index (χ0n) is 13.2. The van der Waals surface area contributed by atoms with Crippen LogP contribution in [0.3, 0.4) is 0 Å². The van der Waals surface area contributed by atoms with Crippen molar-refractivity contribution in [2.75, 3.05) is 32.6 Å².